The van der Waals surface area contributed by atoms with Crippen LogP contribution in [0, 0.1) is 6.92 Å². The standard InChI is InChI=1S/C19H22N2O5/c1-14-3-4-16(17(11-14)24-2)26-13-18(22)20-6-8-21(9-7-20)19(23)15-5-10-25-12-15/h3-5,10-12H,6-9,13H2,1-2H3. The van der Waals surface area contributed by atoms with Crippen LogP contribution in [-0.4, -0.2) is 61.5 Å². The first-order valence-electron chi connectivity index (χ1n) is 8.45. The van der Waals surface area contributed by atoms with Gasteiger partial charge in [0.1, 0.15) is 6.26 Å². The van der Waals surface area contributed by atoms with Crippen LogP contribution in [0.15, 0.2) is 41.2 Å². The summed E-state index contributed by atoms with van der Waals surface area (Å²) in [5, 5.41) is 0. The molecular weight excluding hydrogens is 336 g/mol. The zero-order valence-electron chi connectivity index (χ0n) is 14.9. The summed E-state index contributed by atoms with van der Waals surface area (Å²) in [4.78, 5) is 28.1. The maximum atomic E-state index is 12.4. The molecule has 0 saturated carbocycles. The van der Waals surface area contributed by atoms with Crippen LogP contribution in [0.2, 0.25) is 0 Å². The van der Waals surface area contributed by atoms with Gasteiger partial charge in [0.25, 0.3) is 11.8 Å². The maximum Gasteiger partial charge on any atom is 0.260 e. The SMILES string of the molecule is COc1cc(C)ccc1OCC(=O)N1CCN(C(=O)c2ccoc2)CC1. The van der Waals surface area contributed by atoms with Gasteiger partial charge in [-0.15, -0.1) is 0 Å². The molecule has 1 aliphatic rings. The van der Waals surface area contributed by atoms with Gasteiger partial charge in [0.15, 0.2) is 18.1 Å². The average molecular weight is 358 g/mol. The van der Waals surface area contributed by atoms with Crippen LogP contribution in [0.4, 0.5) is 0 Å². The summed E-state index contributed by atoms with van der Waals surface area (Å²) in [6.45, 7) is 3.84. The third-order valence-electron chi connectivity index (χ3n) is 4.36. The molecule has 2 aromatic rings. The molecule has 0 unspecified atom stereocenters. The molecule has 0 N–H and O–H groups in total. The Hall–Kier alpha value is -2.96. The second-order valence-electron chi connectivity index (χ2n) is 6.13. The van der Waals surface area contributed by atoms with Crippen molar-refractivity contribution in [1.29, 1.82) is 0 Å². The van der Waals surface area contributed by atoms with Crippen LogP contribution in [0.1, 0.15) is 15.9 Å². The quantitative estimate of drug-likeness (QED) is 0.817. The molecule has 0 aliphatic carbocycles. The zero-order chi connectivity index (χ0) is 18.5. The van der Waals surface area contributed by atoms with Crippen molar-refractivity contribution in [2.75, 3.05) is 39.9 Å². The van der Waals surface area contributed by atoms with Crippen molar-refractivity contribution in [1.82, 2.24) is 9.80 Å². The summed E-state index contributed by atoms with van der Waals surface area (Å²) in [7, 11) is 1.57. The van der Waals surface area contributed by atoms with E-state index in [1.165, 1.54) is 12.5 Å². The van der Waals surface area contributed by atoms with Crippen molar-refractivity contribution in [2.45, 2.75) is 6.92 Å². The molecule has 138 valence electrons. The molecule has 1 aromatic carbocycles. The van der Waals surface area contributed by atoms with E-state index >= 15 is 0 Å². The first-order valence-corrected chi connectivity index (χ1v) is 8.45. The third-order valence-corrected chi connectivity index (χ3v) is 4.36. The highest BCUT2D eigenvalue weighted by Gasteiger charge is 2.25. The van der Waals surface area contributed by atoms with E-state index in [1.54, 1.807) is 29.0 Å². The van der Waals surface area contributed by atoms with Gasteiger partial charge in [0.2, 0.25) is 0 Å². The number of carbonyl (C=O) groups excluding carboxylic acids is 2. The minimum Gasteiger partial charge on any atom is -0.493 e. The number of furan rings is 1. The van der Waals surface area contributed by atoms with Gasteiger partial charge in [0, 0.05) is 26.2 Å². The van der Waals surface area contributed by atoms with Gasteiger partial charge in [0.05, 0.1) is 18.9 Å². The summed E-state index contributed by atoms with van der Waals surface area (Å²) in [6, 6.07) is 7.20. The van der Waals surface area contributed by atoms with E-state index in [1.807, 2.05) is 19.1 Å². The number of amides is 2. The number of methoxy groups -OCH3 is 1. The molecular formula is C19H22N2O5. The fraction of sp³-hybridized carbons (Fsp3) is 0.368. The van der Waals surface area contributed by atoms with E-state index in [4.69, 9.17) is 13.9 Å². The lowest BCUT2D eigenvalue weighted by Gasteiger charge is -2.34. The van der Waals surface area contributed by atoms with Gasteiger partial charge in [-0.1, -0.05) is 6.07 Å². The van der Waals surface area contributed by atoms with E-state index in [-0.39, 0.29) is 18.4 Å². The molecule has 26 heavy (non-hydrogen) atoms. The van der Waals surface area contributed by atoms with Crippen molar-refractivity contribution in [2.24, 2.45) is 0 Å². The second kappa shape index (κ2) is 7.95. The fourth-order valence-corrected chi connectivity index (χ4v) is 2.85. The molecule has 0 bridgehead atoms. The molecule has 2 heterocycles. The maximum absolute atomic E-state index is 12.4. The van der Waals surface area contributed by atoms with Crippen molar-refractivity contribution in [3.05, 3.63) is 47.9 Å². The first-order chi connectivity index (χ1) is 12.6. The van der Waals surface area contributed by atoms with E-state index in [0.29, 0.717) is 43.2 Å². The normalized spacial score (nSPS) is 14.2. The minimum atomic E-state index is -0.108. The van der Waals surface area contributed by atoms with Gasteiger partial charge in [-0.3, -0.25) is 9.59 Å². The Morgan fingerprint density at radius 1 is 1.08 bits per heavy atom. The summed E-state index contributed by atoms with van der Waals surface area (Å²) < 4.78 is 15.8. The Morgan fingerprint density at radius 2 is 1.81 bits per heavy atom. The number of carbonyl (C=O) groups is 2. The molecule has 7 nitrogen and oxygen atoms in total. The van der Waals surface area contributed by atoms with Crippen molar-refractivity contribution in [3.63, 3.8) is 0 Å². The average Bonchev–Trinajstić information content (AvgIpc) is 3.21. The molecule has 0 atom stereocenters. The van der Waals surface area contributed by atoms with E-state index in [9.17, 15) is 9.59 Å². The largest absolute Gasteiger partial charge is 0.493 e. The van der Waals surface area contributed by atoms with Crippen molar-refractivity contribution in [3.8, 4) is 11.5 Å². The lowest BCUT2D eigenvalue weighted by Crippen LogP contribution is -2.51. The van der Waals surface area contributed by atoms with Gasteiger partial charge >= 0.3 is 0 Å². The summed E-state index contributed by atoms with van der Waals surface area (Å²) in [5.41, 5.74) is 1.58. The Balaban J connectivity index is 1.50. The van der Waals surface area contributed by atoms with Crippen LogP contribution in [0.3, 0.4) is 0 Å². The molecule has 0 radical (unpaired) electrons. The summed E-state index contributed by atoms with van der Waals surface area (Å²) >= 11 is 0. The molecule has 3 rings (SSSR count). The number of nitrogens with zero attached hydrogens (tertiary/aromatic N) is 2. The summed E-state index contributed by atoms with van der Waals surface area (Å²) in [5.74, 6) is 0.961. The van der Waals surface area contributed by atoms with E-state index < -0.39 is 0 Å². The van der Waals surface area contributed by atoms with Crippen LogP contribution < -0.4 is 9.47 Å². The summed E-state index contributed by atoms with van der Waals surface area (Å²) in [6.07, 6.45) is 2.91. The molecule has 2 amide bonds. The monoisotopic (exact) mass is 358 g/mol. The number of hydrogen-bond donors (Lipinski definition) is 0. The van der Waals surface area contributed by atoms with Gasteiger partial charge in [-0.05, 0) is 30.7 Å². The van der Waals surface area contributed by atoms with Crippen LogP contribution in [0.5, 0.6) is 11.5 Å². The molecule has 0 spiro atoms. The lowest BCUT2D eigenvalue weighted by atomic mass is 10.2. The Bertz CT molecular complexity index is 764. The highest BCUT2D eigenvalue weighted by molar-refractivity contribution is 5.94. The van der Waals surface area contributed by atoms with E-state index in [0.717, 1.165) is 5.56 Å². The molecule has 1 fully saturated rings. The predicted molar refractivity (Wildman–Crippen MR) is 94.4 cm³/mol. The minimum absolute atomic E-state index is 0.0604. The number of rotatable bonds is 5. The van der Waals surface area contributed by atoms with E-state index in [2.05, 4.69) is 0 Å². The molecule has 1 aromatic heterocycles. The molecule has 1 aliphatic heterocycles. The van der Waals surface area contributed by atoms with Gasteiger partial charge in [-0.25, -0.2) is 0 Å². The second-order valence-corrected chi connectivity index (χ2v) is 6.13. The van der Waals surface area contributed by atoms with Gasteiger partial charge in [-0.2, -0.15) is 0 Å². The number of piperazine rings is 1. The van der Waals surface area contributed by atoms with Crippen LogP contribution >= 0.6 is 0 Å². The number of ether oxygens (including phenoxy) is 2. The Morgan fingerprint density at radius 3 is 2.46 bits per heavy atom. The van der Waals surface area contributed by atoms with Crippen molar-refractivity contribution >= 4 is 11.8 Å². The topological polar surface area (TPSA) is 72.2 Å². The Kier molecular flexibility index (Phi) is 5.46. The Labute approximate surface area is 152 Å². The number of aryl methyl sites for hydroxylation is 1. The zero-order valence-corrected chi connectivity index (χ0v) is 14.9. The van der Waals surface area contributed by atoms with Gasteiger partial charge < -0.3 is 23.7 Å². The smallest absolute Gasteiger partial charge is 0.260 e. The predicted octanol–water partition coefficient (Wildman–Crippen LogP) is 1.96. The number of benzene rings is 1. The molecule has 1 saturated heterocycles. The first kappa shape index (κ1) is 17.8. The highest BCUT2D eigenvalue weighted by atomic mass is 16.5. The van der Waals surface area contributed by atoms with Crippen LogP contribution in [-0.2, 0) is 4.79 Å². The third kappa shape index (κ3) is 3.99. The van der Waals surface area contributed by atoms with Crippen molar-refractivity contribution < 1.29 is 23.5 Å². The number of hydrogen-bond acceptors (Lipinski definition) is 5. The lowest BCUT2D eigenvalue weighted by molar-refractivity contribution is -0.134. The van der Waals surface area contributed by atoms with Crippen LogP contribution in [0.25, 0.3) is 0 Å². The fourth-order valence-electron chi connectivity index (χ4n) is 2.85. The molecule has 7 heteroatoms. The highest BCUT2D eigenvalue weighted by Crippen LogP contribution is 2.27.